The Morgan fingerprint density at radius 2 is 1.71 bits per heavy atom. The molecular formula is C20H14N2O9S3. The third kappa shape index (κ3) is 6.87. The van der Waals surface area contributed by atoms with Gasteiger partial charge in [0.25, 0.3) is 10.8 Å². The van der Waals surface area contributed by atoms with Crippen LogP contribution in [-0.4, -0.2) is 28.6 Å². The van der Waals surface area contributed by atoms with E-state index in [1.807, 2.05) is 6.07 Å². The van der Waals surface area contributed by atoms with Gasteiger partial charge >= 0.3 is 11.9 Å². The average molecular weight is 523 g/mol. The summed E-state index contributed by atoms with van der Waals surface area (Å²) in [5, 5.41) is 20.3. The van der Waals surface area contributed by atoms with Crippen LogP contribution in [0.3, 0.4) is 0 Å². The summed E-state index contributed by atoms with van der Waals surface area (Å²) in [4.78, 5) is 50.4. The summed E-state index contributed by atoms with van der Waals surface area (Å²) in [6.07, 6.45) is -0.305. The van der Waals surface area contributed by atoms with Crippen LogP contribution >= 0.6 is 32.9 Å². The first-order valence-electron chi connectivity index (χ1n) is 9.42. The van der Waals surface area contributed by atoms with Crippen LogP contribution in [-0.2, 0) is 9.63 Å². The molecule has 0 radical (unpaired) electrons. The molecule has 176 valence electrons. The van der Waals surface area contributed by atoms with E-state index in [0.717, 1.165) is 32.5 Å². The Bertz CT molecular complexity index is 1280. The molecule has 0 saturated carbocycles. The number of nitro groups is 1. The number of ether oxygens (including phenoxy) is 2. The lowest BCUT2D eigenvalue weighted by Gasteiger charge is -2.10. The minimum Gasteiger partial charge on any atom is -0.425 e. The fraction of sp³-hybridized carbons (Fsp3) is 0.150. The van der Waals surface area contributed by atoms with Crippen LogP contribution < -0.4 is 9.47 Å². The first-order chi connectivity index (χ1) is 16.2. The summed E-state index contributed by atoms with van der Waals surface area (Å²) < 4.78 is 11.2. The van der Waals surface area contributed by atoms with Gasteiger partial charge in [-0.15, -0.1) is 10.1 Å². The third-order valence-corrected chi connectivity index (χ3v) is 7.06. The number of carbonyl (C=O) groups excluding carboxylic acids is 2. The van der Waals surface area contributed by atoms with Gasteiger partial charge in [0.1, 0.15) is 15.1 Å². The number of nitro benzene ring substituents is 1. The molecule has 0 bridgehead atoms. The molecular weight excluding hydrogens is 508 g/mol. The van der Waals surface area contributed by atoms with Crippen LogP contribution in [0.25, 0.3) is 10.4 Å². The molecule has 0 N–H and O–H groups in total. The number of nitrogens with zero attached hydrogens (tertiary/aromatic N) is 2. The lowest BCUT2D eigenvalue weighted by atomic mass is 10.1. The van der Waals surface area contributed by atoms with E-state index in [9.17, 15) is 29.8 Å². The van der Waals surface area contributed by atoms with Crippen molar-refractivity contribution in [2.45, 2.75) is 12.8 Å². The Morgan fingerprint density at radius 1 is 0.971 bits per heavy atom. The second-order valence-corrected chi connectivity index (χ2v) is 9.39. The summed E-state index contributed by atoms with van der Waals surface area (Å²) >= 11 is 5.13. The topological polar surface area (TPSA) is 148 Å². The summed E-state index contributed by atoms with van der Waals surface area (Å²) in [7, 11) is 3.00. The maximum atomic E-state index is 12.7. The molecule has 34 heavy (non-hydrogen) atoms. The highest BCUT2D eigenvalue weighted by molar-refractivity contribution is 7.80. The standard InChI is InChI=1S/C20H14N2O9S3/c23-18(2-1-9-29-22(27)28)31-16-10-13(21(25)26)5-8-15(16)20(24)30-14-6-3-12(4-7-14)17-11-19(32)34-33-17/h3-8,10-11H,1-2,9H2. The molecule has 1 heterocycles. The monoisotopic (exact) mass is 522 g/mol. The first-order valence-corrected chi connectivity index (χ1v) is 12.0. The number of benzene rings is 2. The fourth-order valence-corrected chi connectivity index (χ4v) is 5.03. The van der Waals surface area contributed by atoms with Gasteiger partial charge in [0, 0.05) is 17.4 Å². The maximum absolute atomic E-state index is 12.7. The van der Waals surface area contributed by atoms with Gasteiger partial charge in [-0.1, -0.05) is 32.9 Å². The molecule has 14 heteroatoms. The van der Waals surface area contributed by atoms with Crippen molar-refractivity contribution >= 4 is 50.5 Å². The Labute approximate surface area is 203 Å². The SMILES string of the molecule is O=C(CCCO[N+](=O)[O-])Oc1cc([N+](=O)[O-])ccc1C(=O)Oc1ccc(-c2cc(=S)ss2)cc1. The van der Waals surface area contributed by atoms with Crippen LogP contribution in [0.4, 0.5) is 5.69 Å². The zero-order chi connectivity index (χ0) is 24.7. The Hall–Kier alpha value is -3.75. The quantitative estimate of drug-likeness (QED) is 0.0659. The van der Waals surface area contributed by atoms with Crippen molar-refractivity contribution in [3.63, 3.8) is 0 Å². The summed E-state index contributed by atoms with van der Waals surface area (Å²) in [5.74, 6) is -1.91. The van der Waals surface area contributed by atoms with E-state index in [-0.39, 0.29) is 36.5 Å². The van der Waals surface area contributed by atoms with Crippen LogP contribution in [0.5, 0.6) is 11.5 Å². The maximum Gasteiger partial charge on any atom is 0.347 e. The van der Waals surface area contributed by atoms with Crippen LogP contribution in [0, 0.1) is 24.1 Å². The fourth-order valence-electron chi connectivity index (χ4n) is 2.63. The smallest absolute Gasteiger partial charge is 0.347 e. The van der Waals surface area contributed by atoms with E-state index in [0.29, 0.717) is 0 Å². The van der Waals surface area contributed by atoms with Gasteiger partial charge in [-0.25, -0.2) is 4.79 Å². The number of non-ortho nitro benzene ring substituents is 1. The van der Waals surface area contributed by atoms with E-state index >= 15 is 0 Å². The lowest BCUT2D eigenvalue weighted by molar-refractivity contribution is -0.757. The largest absolute Gasteiger partial charge is 0.425 e. The van der Waals surface area contributed by atoms with Gasteiger partial charge in [-0.2, -0.15) is 0 Å². The van der Waals surface area contributed by atoms with Gasteiger partial charge in [0.15, 0.2) is 5.75 Å². The molecule has 3 rings (SSSR count). The molecule has 0 amide bonds. The minimum absolute atomic E-state index is 0.0290. The average Bonchev–Trinajstić information content (AvgIpc) is 3.23. The third-order valence-electron chi connectivity index (χ3n) is 4.15. The molecule has 2 aromatic carbocycles. The van der Waals surface area contributed by atoms with Crippen molar-refractivity contribution in [1.29, 1.82) is 0 Å². The van der Waals surface area contributed by atoms with E-state index in [1.54, 1.807) is 24.3 Å². The summed E-state index contributed by atoms with van der Waals surface area (Å²) in [6, 6.07) is 11.6. The van der Waals surface area contributed by atoms with E-state index < -0.39 is 27.6 Å². The summed E-state index contributed by atoms with van der Waals surface area (Å²) in [6.45, 7) is -0.332. The molecule has 3 aromatic rings. The van der Waals surface area contributed by atoms with E-state index in [2.05, 4.69) is 4.84 Å². The number of esters is 2. The second-order valence-electron chi connectivity index (χ2n) is 6.48. The number of rotatable bonds is 10. The molecule has 1 aromatic heterocycles. The number of hydrogen-bond donors (Lipinski definition) is 0. The van der Waals surface area contributed by atoms with Crippen molar-refractivity contribution in [1.82, 2.24) is 0 Å². The molecule has 0 fully saturated rings. The molecule has 0 aliphatic carbocycles. The van der Waals surface area contributed by atoms with Gasteiger partial charge in [-0.3, -0.25) is 14.9 Å². The number of hydrogen-bond acceptors (Lipinski definition) is 12. The second kappa shape index (κ2) is 11.4. The van der Waals surface area contributed by atoms with Crippen molar-refractivity contribution < 1.29 is 33.9 Å². The highest BCUT2D eigenvalue weighted by Gasteiger charge is 2.21. The van der Waals surface area contributed by atoms with E-state index in [1.165, 1.54) is 20.7 Å². The molecule has 0 unspecified atom stereocenters. The molecule has 0 atom stereocenters. The van der Waals surface area contributed by atoms with Crippen molar-refractivity contribution in [3.05, 3.63) is 78.1 Å². The zero-order valence-corrected chi connectivity index (χ0v) is 19.5. The van der Waals surface area contributed by atoms with E-state index in [4.69, 9.17) is 21.7 Å². The molecule has 0 spiro atoms. The van der Waals surface area contributed by atoms with Crippen LogP contribution in [0.2, 0.25) is 0 Å². The van der Waals surface area contributed by atoms with Gasteiger partial charge in [-0.05, 0) is 48.4 Å². The Balaban J connectivity index is 1.73. The van der Waals surface area contributed by atoms with Crippen molar-refractivity contribution in [3.8, 4) is 21.9 Å². The van der Waals surface area contributed by atoms with Gasteiger partial charge < -0.3 is 14.3 Å². The van der Waals surface area contributed by atoms with Gasteiger partial charge in [0.2, 0.25) is 0 Å². The predicted octanol–water partition coefficient (Wildman–Crippen LogP) is 5.23. The Kier molecular flexibility index (Phi) is 8.34. The Morgan fingerprint density at radius 3 is 2.32 bits per heavy atom. The minimum atomic E-state index is -0.996. The molecule has 0 saturated heterocycles. The van der Waals surface area contributed by atoms with Gasteiger partial charge in [0.05, 0.1) is 17.6 Å². The molecule has 0 aliphatic heterocycles. The molecule has 0 aliphatic rings. The van der Waals surface area contributed by atoms with Crippen molar-refractivity contribution in [2.75, 3.05) is 6.61 Å². The lowest BCUT2D eigenvalue weighted by Crippen LogP contribution is -2.15. The first kappa shape index (κ1) is 24.9. The molecule has 11 nitrogen and oxygen atoms in total. The summed E-state index contributed by atoms with van der Waals surface area (Å²) in [5.41, 5.74) is 0.280. The van der Waals surface area contributed by atoms with Crippen LogP contribution in [0.1, 0.15) is 23.2 Å². The van der Waals surface area contributed by atoms with Crippen LogP contribution in [0.15, 0.2) is 48.5 Å². The van der Waals surface area contributed by atoms with Crippen molar-refractivity contribution in [2.24, 2.45) is 0 Å². The highest BCUT2D eigenvalue weighted by atomic mass is 32.9. The zero-order valence-electron chi connectivity index (χ0n) is 17.0. The highest BCUT2D eigenvalue weighted by Crippen LogP contribution is 2.31. The normalized spacial score (nSPS) is 10.4. The number of carbonyl (C=O) groups is 2. The predicted molar refractivity (Wildman–Crippen MR) is 124 cm³/mol.